The van der Waals surface area contributed by atoms with Crippen LogP contribution in [0.1, 0.15) is 24.9 Å². The number of amides is 1. The van der Waals surface area contributed by atoms with E-state index in [4.69, 9.17) is 0 Å². The topological polar surface area (TPSA) is 57.6 Å². The maximum atomic E-state index is 12.8. The maximum absolute atomic E-state index is 12.8. The zero-order valence-electron chi connectivity index (χ0n) is 11.9. The average Bonchev–Trinajstić information content (AvgIpc) is 2.46. The van der Waals surface area contributed by atoms with Crippen LogP contribution in [0, 0.1) is 0 Å². The van der Waals surface area contributed by atoms with E-state index in [0.29, 0.717) is 10.5 Å². The highest BCUT2D eigenvalue weighted by Crippen LogP contribution is 2.30. The van der Waals surface area contributed by atoms with Crippen LogP contribution in [0.4, 0.5) is 13.2 Å². The smallest absolute Gasteiger partial charge is 0.471 e. The summed E-state index contributed by atoms with van der Waals surface area (Å²) < 4.78 is 38.5. The molecular weight excluding hydrogens is 299 g/mol. The molecule has 1 rings (SSSR count). The van der Waals surface area contributed by atoms with Crippen LogP contribution in [0.3, 0.4) is 0 Å². The lowest BCUT2D eigenvalue weighted by Gasteiger charge is -2.34. The van der Waals surface area contributed by atoms with E-state index in [2.05, 4.69) is 6.58 Å². The Morgan fingerprint density at radius 2 is 1.86 bits per heavy atom. The fourth-order valence-corrected chi connectivity index (χ4v) is 2.12. The summed E-state index contributed by atoms with van der Waals surface area (Å²) in [6.07, 6.45) is -4.26. The van der Waals surface area contributed by atoms with Gasteiger partial charge in [0.1, 0.15) is 6.04 Å². The summed E-state index contributed by atoms with van der Waals surface area (Å²) in [6.45, 7) is 4.70. The summed E-state index contributed by atoms with van der Waals surface area (Å²) in [4.78, 5) is 23.3. The third-order valence-electron chi connectivity index (χ3n) is 3.19. The fourth-order valence-electron chi connectivity index (χ4n) is 2.12. The minimum Gasteiger partial charge on any atom is -0.480 e. The molecule has 0 radical (unpaired) electrons. The molecule has 0 aliphatic carbocycles. The quantitative estimate of drug-likeness (QED) is 0.820. The highest BCUT2D eigenvalue weighted by Gasteiger charge is 2.47. The SMILES string of the molecule is C=CC[C@H](C(=O)O)N(C(=O)C(F)(F)F)[C@H](C)c1ccccc1. The zero-order chi connectivity index (χ0) is 16.9. The van der Waals surface area contributed by atoms with Crippen molar-refractivity contribution in [1.82, 2.24) is 4.90 Å². The van der Waals surface area contributed by atoms with E-state index in [-0.39, 0.29) is 6.42 Å². The number of carboxylic acid groups (broad SMARTS) is 1. The Bertz CT molecular complexity index is 543. The van der Waals surface area contributed by atoms with Gasteiger partial charge in [-0.15, -0.1) is 6.58 Å². The maximum Gasteiger partial charge on any atom is 0.471 e. The van der Waals surface area contributed by atoms with Crippen molar-refractivity contribution in [2.45, 2.75) is 31.6 Å². The molecule has 0 saturated heterocycles. The number of carbonyl (C=O) groups is 2. The van der Waals surface area contributed by atoms with Crippen molar-refractivity contribution in [3.05, 3.63) is 48.6 Å². The van der Waals surface area contributed by atoms with Gasteiger partial charge in [-0.1, -0.05) is 36.4 Å². The van der Waals surface area contributed by atoms with Crippen LogP contribution in [0.25, 0.3) is 0 Å². The summed E-state index contributed by atoms with van der Waals surface area (Å²) in [5.41, 5.74) is 0.412. The molecule has 4 nitrogen and oxygen atoms in total. The summed E-state index contributed by atoms with van der Waals surface area (Å²) >= 11 is 0. The second-order valence-electron chi connectivity index (χ2n) is 4.68. The van der Waals surface area contributed by atoms with Gasteiger partial charge >= 0.3 is 18.1 Å². The molecule has 1 aromatic carbocycles. The third kappa shape index (κ3) is 4.09. The molecule has 0 unspecified atom stereocenters. The normalized spacial score (nSPS) is 14.0. The van der Waals surface area contributed by atoms with E-state index >= 15 is 0 Å². The fraction of sp³-hybridized carbons (Fsp3) is 0.333. The molecule has 1 N–H and O–H groups in total. The number of alkyl halides is 3. The van der Waals surface area contributed by atoms with Gasteiger partial charge in [-0.25, -0.2) is 4.79 Å². The van der Waals surface area contributed by atoms with Gasteiger partial charge in [0.15, 0.2) is 0 Å². The predicted octanol–water partition coefficient (Wildman–Crippen LogP) is 3.17. The van der Waals surface area contributed by atoms with Crippen LogP contribution in [0.5, 0.6) is 0 Å². The van der Waals surface area contributed by atoms with Crippen LogP contribution < -0.4 is 0 Å². The Morgan fingerprint density at radius 3 is 2.27 bits per heavy atom. The summed E-state index contributed by atoms with van der Waals surface area (Å²) in [5, 5.41) is 9.18. The Morgan fingerprint density at radius 1 is 1.32 bits per heavy atom. The molecule has 0 fully saturated rings. The van der Waals surface area contributed by atoms with Gasteiger partial charge in [0.2, 0.25) is 0 Å². The van der Waals surface area contributed by atoms with Crippen molar-refractivity contribution in [2.75, 3.05) is 0 Å². The van der Waals surface area contributed by atoms with Crippen molar-refractivity contribution in [3.63, 3.8) is 0 Å². The Balaban J connectivity index is 3.29. The van der Waals surface area contributed by atoms with Crippen LogP contribution in [0.2, 0.25) is 0 Å². The summed E-state index contributed by atoms with van der Waals surface area (Å²) in [5.74, 6) is -3.70. The van der Waals surface area contributed by atoms with Crippen LogP contribution in [0.15, 0.2) is 43.0 Å². The number of rotatable bonds is 6. The molecule has 1 aromatic rings. The van der Waals surface area contributed by atoms with Gasteiger partial charge in [0, 0.05) is 0 Å². The predicted molar refractivity (Wildman–Crippen MR) is 74.0 cm³/mol. The Hall–Kier alpha value is -2.31. The average molecular weight is 315 g/mol. The van der Waals surface area contributed by atoms with Crippen molar-refractivity contribution >= 4 is 11.9 Å². The molecule has 0 heterocycles. The molecule has 0 spiro atoms. The molecule has 7 heteroatoms. The molecule has 0 saturated carbocycles. The van der Waals surface area contributed by atoms with E-state index < -0.39 is 30.1 Å². The number of halogens is 3. The van der Waals surface area contributed by atoms with E-state index in [9.17, 15) is 27.9 Å². The zero-order valence-corrected chi connectivity index (χ0v) is 11.9. The number of aliphatic carboxylic acids is 1. The van der Waals surface area contributed by atoms with Gasteiger partial charge in [0.05, 0.1) is 6.04 Å². The molecular formula is C15H16F3NO3. The van der Waals surface area contributed by atoms with Crippen molar-refractivity contribution in [3.8, 4) is 0 Å². The van der Waals surface area contributed by atoms with Gasteiger partial charge in [-0.3, -0.25) is 4.79 Å². The Labute approximate surface area is 125 Å². The first kappa shape index (κ1) is 17.7. The largest absolute Gasteiger partial charge is 0.480 e. The standard InChI is InChI=1S/C15H16F3NO3/c1-3-7-12(13(20)21)19(14(22)15(16,17)18)10(2)11-8-5-4-6-9-11/h3-6,8-10,12H,1,7H2,2H3,(H,20,21)/t10-,12-/m1/s1. The van der Waals surface area contributed by atoms with E-state index in [0.717, 1.165) is 0 Å². The summed E-state index contributed by atoms with van der Waals surface area (Å²) in [6, 6.07) is 5.27. The number of carbonyl (C=O) groups excluding carboxylic acids is 1. The van der Waals surface area contributed by atoms with Gasteiger partial charge in [-0.05, 0) is 18.9 Å². The van der Waals surface area contributed by atoms with Crippen molar-refractivity contribution in [1.29, 1.82) is 0 Å². The van der Waals surface area contributed by atoms with E-state index in [1.807, 2.05) is 0 Å². The lowest BCUT2D eigenvalue weighted by Crippen LogP contribution is -2.51. The number of benzene rings is 1. The molecule has 2 atom stereocenters. The lowest BCUT2D eigenvalue weighted by molar-refractivity contribution is -0.192. The van der Waals surface area contributed by atoms with E-state index in [1.165, 1.54) is 25.1 Å². The molecule has 0 aliphatic heterocycles. The first-order chi connectivity index (χ1) is 10.2. The molecule has 1 amide bonds. The monoisotopic (exact) mass is 315 g/mol. The first-order valence-electron chi connectivity index (χ1n) is 6.48. The number of nitrogens with zero attached hydrogens (tertiary/aromatic N) is 1. The van der Waals surface area contributed by atoms with Gasteiger partial charge < -0.3 is 10.0 Å². The molecule has 120 valence electrons. The third-order valence-corrected chi connectivity index (χ3v) is 3.19. The van der Waals surface area contributed by atoms with Crippen molar-refractivity contribution < 1.29 is 27.9 Å². The first-order valence-corrected chi connectivity index (χ1v) is 6.48. The minimum absolute atomic E-state index is 0.283. The van der Waals surface area contributed by atoms with Crippen LogP contribution in [-0.4, -0.2) is 34.1 Å². The lowest BCUT2D eigenvalue weighted by atomic mass is 10.0. The molecule has 0 aromatic heterocycles. The highest BCUT2D eigenvalue weighted by atomic mass is 19.4. The Kier molecular flexibility index (Phi) is 5.73. The minimum atomic E-state index is -5.15. The summed E-state index contributed by atoms with van der Waals surface area (Å²) in [7, 11) is 0. The number of hydrogen-bond acceptors (Lipinski definition) is 2. The van der Waals surface area contributed by atoms with Crippen molar-refractivity contribution in [2.24, 2.45) is 0 Å². The van der Waals surface area contributed by atoms with Gasteiger partial charge in [0.25, 0.3) is 0 Å². The molecule has 0 bridgehead atoms. The number of hydrogen-bond donors (Lipinski definition) is 1. The van der Waals surface area contributed by atoms with Crippen LogP contribution in [-0.2, 0) is 9.59 Å². The molecule has 0 aliphatic rings. The molecule has 22 heavy (non-hydrogen) atoms. The second kappa shape index (κ2) is 7.11. The van der Waals surface area contributed by atoms with Crippen LogP contribution >= 0.6 is 0 Å². The van der Waals surface area contributed by atoms with E-state index in [1.54, 1.807) is 18.2 Å². The van der Waals surface area contributed by atoms with Gasteiger partial charge in [-0.2, -0.15) is 13.2 Å². The highest BCUT2D eigenvalue weighted by molar-refractivity contribution is 5.87. The second-order valence-corrected chi connectivity index (χ2v) is 4.68. The number of carboxylic acids is 1.